The van der Waals surface area contributed by atoms with Crippen LogP contribution < -0.4 is 4.90 Å². The van der Waals surface area contributed by atoms with Gasteiger partial charge in [0, 0.05) is 18.0 Å². The number of rotatable bonds is 2. The minimum atomic E-state index is 0.559. The molecule has 1 fully saturated rings. The highest BCUT2D eigenvalue weighted by Gasteiger charge is 2.22. The van der Waals surface area contributed by atoms with Crippen molar-refractivity contribution in [3.63, 3.8) is 0 Å². The number of nitriles is 1. The first-order valence-corrected chi connectivity index (χ1v) is 7.40. The summed E-state index contributed by atoms with van der Waals surface area (Å²) in [6, 6.07) is 12.7. The van der Waals surface area contributed by atoms with Gasteiger partial charge in [0.25, 0.3) is 0 Å². The Morgan fingerprint density at radius 3 is 3.00 bits per heavy atom. The number of hydrogen-bond acceptors (Lipinski definition) is 3. The lowest BCUT2D eigenvalue weighted by Crippen LogP contribution is -2.39. The summed E-state index contributed by atoms with van der Waals surface area (Å²) < 4.78 is 0. The molecule has 0 amide bonds. The molecule has 0 bridgehead atoms. The molecule has 1 aliphatic heterocycles. The van der Waals surface area contributed by atoms with Crippen molar-refractivity contribution >= 4 is 16.7 Å². The van der Waals surface area contributed by atoms with Crippen LogP contribution in [0, 0.1) is 11.3 Å². The third-order valence-corrected chi connectivity index (χ3v) is 4.22. The van der Waals surface area contributed by atoms with Crippen molar-refractivity contribution in [1.29, 1.82) is 5.26 Å². The van der Waals surface area contributed by atoms with Crippen molar-refractivity contribution in [1.82, 2.24) is 4.98 Å². The Morgan fingerprint density at radius 2 is 2.20 bits per heavy atom. The fourth-order valence-electron chi connectivity index (χ4n) is 3.13. The van der Waals surface area contributed by atoms with Gasteiger partial charge in [-0.25, -0.2) is 4.98 Å². The lowest BCUT2D eigenvalue weighted by atomic mass is 9.99. The van der Waals surface area contributed by atoms with Crippen molar-refractivity contribution in [3.8, 4) is 6.07 Å². The van der Waals surface area contributed by atoms with Gasteiger partial charge in [-0.2, -0.15) is 5.26 Å². The zero-order valence-corrected chi connectivity index (χ0v) is 11.8. The highest BCUT2D eigenvalue weighted by atomic mass is 15.2. The molecule has 3 rings (SSSR count). The van der Waals surface area contributed by atoms with Gasteiger partial charge in [-0.1, -0.05) is 25.1 Å². The van der Waals surface area contributed by atoms with Crippen LogP contribution in [0.5, 0.6) is 0 Å². The van der Waals surface area contributed by atoms with Crippen LogP contribution in [0.4, 0.5) is 5.82 Å². The van der Waals surface area contributed by atoms with E-state index in [9.17, 15) is 5.26 Å². The number of hydrogen-bond donors (Lipinski definition) is 0. The van der Waals surface area contributed by atoms with Crippen LogP contribution in [-0.4, -0.2) is 17.6 Å². The van der Waals surface area contributed by atoms with Gasteiger partial charge in [0.2, 0.25) is 0 Å². The summed E-state index contributed by atoms with van der Waals surface area (Å²) >= 11 is 0. The molecular formula is C17H19N3. The number of nitrogens with zero attached hydrogens (tertiary/aromatic N) is 3. The maximum Gasteiger partial charge on any atom is 0.130 e. The van der Waals surface area contributed by atoms with E-state index in [-0.39, 0.29) is 0 Å². The van der Waals surface area contributed by atoms with E-state index in [4.69, 9.17) is 4.98 Å². The summed E-state index contributed by atoms with van der Waals surface area (Å²) in [5.41, 5.74) is 1.65. The van der Waals surface area contributed by atoms with Gasteiger partial charge in [0.1, 0.15) is 5.82 Å². The van der Waals surface area contributed by atoms with E-state index in [2.05, 4.69) is 17.9 Å². The predicted molar refractivity (Wildman–Crippen MR) is 81.7 cm³/mol. The standard InChI is InChI=1S/C17H19N3/c1-2-14-7-5-6-10-20(14)17-11-13(12-18)15-8-3-4-9-16(15)19-17/h3-4,8-9,11,14H,2,5-7,10H2,1H3. The molecule has 1 atom stereocenters. The number of fused-ring (bicyclic) bond motifs is 1. The molecule has 1 unspecified atom stereocenters. The molecule has 3 heteroatoms. The Labute approximate surface area is 119 Å². The van der Waals surface area contributed by atoms with E-state index in [1.54, 1.807) is 0 Å². The lowest BCUT2D eigenvalue weighted by molar-refractivity contribution is 0.447. The first kappa shape index (κ1) is 12.9. The van der Waals surface area contributed by atoms with E-state index >= 15 is 0 Å². The molecule has 1 saturated heterocycles. The van der Waals surface area contributed by atoms with Crippen LogP contribution in [-0.2, 0) is 0 Å². The topological polar surface area (TPSA) is 39.9 Å². The molecular weight excluding hydrogens is 246 g/mol. The molecule has 20 heavy (non-hydrogen) atoms. The molecule has 0 N–H and O–H groups in total. The first-order chi connectivity index (χ1) is 9.83. The average molecular weight is 265 g/mol. The summed E-state index contributed by atoms with van der Waals surface area (Å²) in [5.74, 6) is 0.965. The normalized spacial score (nSPS) is 19.0. The van der Waals surface area contributed by atoms with E-state index < -0.39 is 0 Å². The van der Waals surface area contributed by atoms with Crippen molar-refractivity contribution in [3.05, 3.63) is 35.9 Å². The van der Waals surface area contributed by atoms with Gasteiger partial charge in [0.15, 0.2) is 0 Å². The molecule has 2 aromatic rings. The maximum atomic E-state index is 9.39. The largest absolute Gasteiger partial charge is 0.354 e. The zero-order chi connectivity index (χ0) is 13.9. The summed E-state index contributed by atoms with van der Waals surface area (Å²) in [5, 5.41) is 10.3. The SMILES string of the molecule is CCC1CCCCN1c1cc(C#N)c2ccccc2n1. The monoisotopic (exact) mass is 265 g/mol. The van der Waals surface area contributed by atoms with Crippen molar-refractivity contribution in [2.45, 2.75) is 38.6 Å². The Morgan fingerprint density at radius 1 is 1.35 bits per heavy atom. The van der Waals surface area contributed by atoms with Gasteiger partial charge in [0.05, 0.1) is 17.1 Å². The van der Waals surface area contributed by atoms with E-state index in [0.717, 1.165) is 35.2 Å². The second-order valence-corrected chi connectivity index (χ2v) is 5.41. The molecule has 3 nitrogen and oxygen atoms in total. The van der Waals surface area contributed by atoms with Crippen molar-refractivity contribution in [2.75, 3.05) is 11.4 Å². The number of anilines is 1. The van der Waals surface area contributed by atoms with Crippen molar-refractivity contribution < 1.29 is 0 Å². The van der Waals surface area contributed by atoms with Crippen LogP contribution in [0.3, 0.4) is 0 Å². The summed E-state index contributed by atoms with van der Waals surface area (Å²) in [4.78, 5) is 7.17. The van der Waals surface area contributed by atoms with E-state index in [0.29, 0.717) is 6.04 Å². The van der Waals surface area contributed by atoms with Gasteiger partial charge in [-0.3, -0.25) is 0 Å². The molecule has 1 aromatic heterocycles. The maximum absolute atomic E-state index is 9.39. The molecule has 2 heterocycles. The molecule has 1 aromatic carbocycles. The number of para-hydroxylation sites is 1. The summed E-state index contributed by atoms with van der Waals surface area (Å²) in [6.07, 6.45) is 4.88. The Bertz CT molecular complexity index is 657. The molecule has 102 valence electrons. The van der Waals surface area contributed by atoms with Gasteiger partial charge >= 0.3 is 0 Å². The van der Waals surface area contributed by atoms with E-state index in [1.165, 1.54) is 19.3 Å². The molecule has 0 spiro atoms. The summed E-state index contributed by atoms with van der Waals surface area (Å²) in [7, 11) is 0. The van der Waals surface area contributed by atoms with Crippen molar-refractivity contribution in [2.24, 2.45) is 0 Å². The minimum absolute atomic E-state index is 0.559. The van der Waals surface area contributed by atoms with Gasteiger partial charge < -0.3 is 4.90 Å². The highest BCUT2D eigenvalue weighted by molar-refractivity contribution is 5.86. The molecule has 1 aliphatic rings. The van der Waals surface area contributed by atoms with Crippen LogP contribution in [0.2, 0.25) is 0 Å². The highest BCUT2D eigenvalue weighted by Crippen LogP contribution is 2.28. The number of aromatic nitrogens is 1. The third kappa shape index (κ3) is 2.22. The smallest absolute Gasteiger partial charge is 0.130 e. The second-order valence-electron chi connectivity index (χ2n) is 5.41. The Kier molecular flexibility index (Phi) is 3.56. The zero-order valence-electron chi connectivity index (χ0n) is 11.8. The molecule has 0 radical (unpaired) electrons. The Hall–Kier alpha value is -2.08. The number of benzene rings is 1. The third-order valence-electron chi connectivity index (χ3n) is 4.22. The Balaban J connectivity index is 2.09. The first-order valence-electron chi connectivity index (χ1n) is 7.40. The second kappa shape index (κ2) is 5.50. The molecule has 0 saturated carbocycles. The van der Waals surface area contributed by atoms with Crippen LogP contribution in [0.15, 0.2) is 30.3 Å². The van der Waals surface area contributed by atoms with E-state index in [1.807, 2.05) is 30.3 Å². The minimum Gasteiger partial charge on any atom is -0.354 e. The van der Waals surface area contributed by atoms with Crippen LogP contribution in [0.25, 0.3) is 10.9 Å². The fraction of sp³-hybridized carbons (Fsp3) is 0.412. The van der Waals surface area contributed by atoms with Gasteiger partial charge in [-0.15, -0.1) is 0 Å². The number of piperidine rings is 1. The van der Waals surface area contributed by atoms with Gasteiger partial charge in [-0.05, 0) is 37.8 Å². The van der Waals surface area contributed by atoms with Crippen LogP contribution >= 0.6 is 0 Å². The quantitative estimate of drug-likeness (QED) is 0.827. The number of pyridine rings is 1. The van der Waals surface area contributed by atoms with Crippen LogP contribution in [0.1, 0.15) is 38.2 Å². The summed E-state index contributed by atoms with van der Waals surface area (Å²) in [6.45, 7) is 3.28. The predicted octanol–water partition coefficient (Wildman–Crippen LogP) is 3.88. The fourth-order valence-corrected chi connectivity index (χ4v) is 3.13. The average Bonchev–Trinajstić information content (AvgIpc) is 2.53. The lowest BCUT2D eigenvalue weighted by Gasteiger charge is -2.36. The molecule has 0 aliphatic carbocycles.